The Hall–Kier alpha value is -2.64. The average Bonchev–Trinajstić information content (AvgIpc) is 2.73. The number of aromatic nitrogens is 1. The number of guanidine groups is 1. The zero-order valence-corrected chi connectivity index (χ0v) is 18.7. The van der Waals surface area contributed by atoms with Crippen molar-refractivity contribution < 1.29 is 4.79 Å². The van der Waals surface area contributed by atoms with Gasteiger partial charge in [0.2, 0.25) is 0 Å². The Balaban J connectivity index is 1.90. The van der Waals surface area contributed by atoms with Crippen LogP contribution in [0.25, 0.3) is 0 Å². The highest BCUT2D eigenvalue weighted by molar-refractivity contribution is 6.29. The smallest absolute Gasteiger partial charge is 0.251 e. The standard InChI is InChI=1S/C22H31ClN6O/c1-4-24-22(26-11-10-17-8-9-20(23)27-15-17)28-16-18-6-5-7-19(14-18)21(30)25-12-13-29(2)3/h5-9,14-15H,4,10-13,16H2,1-3H3,(H,25,30)(H2,24,26,28). The van der Waals surface area contributed by atoms with Crippen molar-refractivity contribution in [2.45, 2.75) is 19.9 Å². The first-order valence-corrected chi connectivity index (χ1v) is 10.5. The molecule has 3 N–H and O–H groups in total. The van der Waals surface area contributed by atoms with Crippen LogP contribution >= 0.6 is 11.6 Å². The number of halogens is 1. The predicted molar refractivity (Wildman–Crippen MR) is 123 cm³/mol. The van der Waals surface area contributed by atoms with Gasteiger partial charge in [-0.05, 0) is 56.8 Å². The summed E-state index contributed by atoms with van der Waals surface area (Å²) in [4.78, 5) is 23.1. The molecule has 1 heterocycles. The number of carbonyl (C=O) groups excluding carboxylic acids is 1. The second-order valence-corrected chi connectivity index (χ2v) is 7.51. The number of hydrogen-bond acceptors (Lipinski definition) is 4. The van der Waals surface area contributed by atoms with E-state index in [9.17, 15) is 4.79 Å². The summed E-state index contributed by atoms with van der Waals surface area (Å²) in [7, 11) is 3.96. The molecule has 2 rings (SSSR count). The molecule has 0 spiro atoms. The first kappa shape index (κ1) is 23.6. The molecule has 8 heteroatoms. The minimum Gasteiger partial charge on any atom is -0.357 e. The first-order valence-electron chi connectivity index (χ1n) is 10.1. The summed E-state index contributed by atoms with van der Waals surface area (Å²) < 4.78 is 0. The molecule has 1 aromatic carbocycles. The summed E-state index contributed by atoms with van der Waals surface area (Å²) >= 11 is 5.82. The van der Waals surface area contributed by atoms with Crippen LogP contribution in [0.15, 0.2) is 47.6 Å². The lowest BCUT2D eigenvalue weighted by atomic mass is 10.1. The van der Waals surface area contributed by atoms with Gasteiger partial charge in [0.15, 0.2) is 5.96 Å². The molecule has 1 amide bonds. The highest BCUT2D eigenvalue weighted by Crippen LogP contribution is 2.07. The molecule has 0 bridgehead atoms. The van der Waals surface area contributed by atoms with Crippen LogP contribution in [0.5, 0.6) is 0 Å². The van der Waals surface area contributed by atoms with Crippen LogP contribution in [0, 0.1) is 0 Å². The molecule has 0 fully saturated rings. The Bertz CT molecular complexity index is 823. The van der Waals surface area contributed by atoms with E-state index in [1.54, 1.807) is 12.3 Å². The third-order valence-electron chi connectivity index (χ3n) is 4.29. The van der Waals surface area contributed by atoms with E-state index in [-0.39, 0.29) is 5.91 Å². The van der Waals surface area contributed by atoms with Crippen molar-refractivity contribution >= 4 is 23.5 Å². The molecule has 162 valence electrons. The fourth-order valence-electron chi connectivity index (χ4n) is 2.70. The van der Waals surface area contributed by atoms with E-state index in [0.29, 0.717) is 23.8 Å². The summed E-state index contributed by atoms with van der Waals surface area (Å²) in [5, 5.41) is 10.00. The number of pyridine rings is 1. The van der Waals surface area contributed by atoms with E-state index < -0.39 is 0 Å². The van der Waals surface area contributed by atoms with Crippen molar-refractivity contribution in [2.24, 2.45) is 4.99 Å². The van der Waals surface area contributed by atoms with E-state index in [1.807, 2.05) is 56.3 Å². The lowest BCUT2D eigenvalue weighted by Crippen LogP contribution is -2.38. The molecule has 7 nitrogen and oxygen atoms in total. The maximum atomic E-state index is 12.3. The highest BCUT2D eigenvalue weighted by atomic mass is 35.5. The van der Waals surface area contributed by atoms with Crippen LogP contribution in [-0.2, 0) is 13.0 Å². The molecule has 0 aliphatic carbocycles. The molecule has 1 aromatic heterocycles. The van der Waals surface area contributed by atoms with Crippen LogP contribution < -0.4 is 16.0 Å². The minimum absolute atomic E-state index is 0.0655. The number of benzene rings is 1. The molecular weight excluding hydrogens is 400 g/mol. The largest absolute Gasteiger partial charge is 0.357 e. The third-order valence-corrected chi connectivity index (χ3v) is 4.52. The number of amides is 1. The van der Waals surface area contributed by atoms with Crippen LogP contribution in [0.1, 0.15) is 28.4 Å². The number of rotatable bonds is 10. The van der Waals surface area contributed by atoms with E-state index in [4.69, 9.17) is 11.6 Å². The van der Waals surface area contributed by atoms with Gasteiger partial charge in [0.1, 0.15) is 5.15 Å². The Labute approximate surface area is 183 Å². The van der Waals surface area contributed by atoms with Gasteiger partial charge in [0.05, 0.1) is 6.54 Å². The number of nitrogens with zero attached hydrogens (tertiary/aromatic N) is 3. The van der Waals surface area contributed by atoms with Crippen molar-refractivity contribution in [3.8, 4) is 0 Å². The fourth-order valence-corrected chi connectivity index (χ4v) is 2.81. The van der Waals surface area contributed by atoms with Crippen molar-refractivity contribution in [2.75, 3.05) is 40.3 Å². The average molecular weight is 431 g/mol. The van der Waals surface area contributed by atoms with Crippen molar-refractivity contribution in [3.63, 3.8) is 0 Å². The van der Waals surface area contributed by atoms with Crippen molar-refractivity contribution in [3.05, 3.63) is 64.4 Å². The topological polar surface area (TPSA) is 81.7 Å². The van der Waals surface area contributed by atoms with Crippen LogP contribution in [0.3, 0.4) is 0 Å². The summed E-state index contributed by atoms with van der Waals surface area (Å²) in [6, 6.07) is 11.3. The number of hydrogen-bond donors (Lipinski definition) is 3. The van der Waals surface area contributed by atoms with E-state index >= 15 is 0 Å². The number of nitrogens with one attached hydrogen (secondary N) is 3. The van der Waals surface area contributed by atoms with Gasteiger partial charge in [0.25, 0.3) is 5.91 Å². The first-order chi connectivity index (χ1) is 14.5. The van der Waals surface area contributed by atoms with Gasteiger partial charge < -0.3 is 20.9 Å². The maximum Gasteiger partial charge on any atom is 0.251 e. The molecule has 0 aliphatic heterocycles. The Morgan fingerprint density at radius 2 is 1.93 bits per heavy atom. The quantitative estimate of drug-likeness (QED) is 0.306. The summed E-state index contributed by atoms with van der Waals surface area (Å²) in [6.45, 7) is 5.42. The highest BCUT2D eigenvalue weighted by Gasteiger charge is 2.06. The summed E-state index contributed by atoms with van der Waals surface area (Å²) in [5.74, 6) is 0.671. The van der Waals surface area contributed by atoms with Crippen molar-refractivity contribution in [1.29, 1.82) is 0 Å². The minimum atomic E-state index is -0.0655. The molecule has 0 unspecified atom stereocenters. The van der Waals surface area contributed by atoms with Gasteiger partial charge in [-0.3, -0.25) is 4.79 Å². The van der Waals surface area contributed by atoms with Gasteiger partial charge in [-0.25, -0.2) is 9.98 Å². The van der Waals surface area contributed by atoms with Gasteiger partial charge in [-0.1, -0.05) is 29.8 Å². The lowest BCUT2D eigenvalue weighted by molar-refractivity contribution is 0.0951. The molecule has 0 saturated heterocycles. The number of aliphatic imine (C=N–C) groups is 1. The molecule has 0 atom stereocenters. The number of likely N-dealkylation sites (N-methyl/N-ethyl adjacent to an activating group) is 1. The molecule has 0 saturated carbocycles. The fraction of sp³-hybridized carbons (Fsp3) is 0.409. The maximum absolute atomic E-state index is 12.3. The monoisotopic (exact) mass is 430 g/mol. The second kappa shape index (κ2) is 12.8. The zero-order valence-electron chi connectivity index (χ0n) is 17.9. The molecule has 30 heavy (non-hydrogen) atoms. The molecule has 2 aromatic rings. The van der Waals surface area contributed by atoms with Crippen LogP contribution in [-0.4, -0.2) is 62.0 Å². The van der Waals surface area contributed by atoms with Crippen LogP contribution in [0.4, 0.5) is 0 Å². The SMILES string of the molecule is CCNC(=NCc1cccc(C(=O)NCCN(C)C)c1)NCCc1ccc(Cl)nc1. The zero-order chi connectivity index (χ0) is 21.8. The molecule has 0 radical (unpaired) electrons. The Morgan fingerprint density at radius 3 is 2.63 bits per heavy atom. The van der Waals surface area contributed by atoms with Gasteiger partial charge in [-0.15, -0.1) is 0 Å². The normalized spacial score (nSPS) is 11.4. The third kappa shape index (κ3) is 8.80. The molecule has 0 aliphatic rings. The second-order valence-electron chi connectivity index (χ2n) is 7.12. The number of carbonyl (C=O) groups is 1. The van der Waals surface area contributed by atoms with Crippen molar-refractivity contribution in [1.82, 2.24) is 25.8 Å². The van der Waals surface area contributed by atoms with Gasteiger partial charge in [0, 0.05) is 37.9 Å². The predicted octanol–water partition coefficient (Wildman–Crippen LogP) is 2.32. The van der Waals surface area contributed by atoms with Crippen LogP contribution in [0.2, 0.25) is 5.15 Å². The van der Waals surface area contributed by atoms with E-state index in [2.05, 4.69) is 25.9 Å². The van der Waals surface area contributed by atoms with E-state index in [1.165, 1.54) is 0 Å². The van der Waals surface area contributed by atoms with E-state index in [0.717, 1.165) is 43.1 Å². The summed E-state index contributed by atoms with van der Waals surface area (Å²) in [5.41, 5.74) is 2.74. The Morgan fingerprint density at radius 1 is 1.10 bits per heavy atom. The summed E-state index contributed by atoms with van der Waals surface area (Å²) in [6.07, 6.45) is 2.60. The molecular formula is C22H31ClN6O. The Kier molecular flexibility index (Phi) is 10.1. The lowest BCUT2D eigenvalue weighted by Gasteiger charge is -2.12. The van der Waals surface area contributed by atoms with Gasteiger partial charge >= 0.3 is 0 Å². The van der Waals surface area contributed by atoms with Gasteiger partial charge in [-0.2, -0.15) is 0 Å².